The minimum Gasteiger partial charge on any atom is -0.435 e. The van der Waals surface area contributed by atoms with Crippen molar-refractivity contribution in [3.05, 3.63) is 29.8 Å². The van der Waals surface area contributed by atoms with E-state index in [-0.39, 0.29) is 12.3 Å². The number of aliphatic hydroxyl groups is 1. The number of nitrogens with zero attached hydrogens (tertiary/aromatic N) is 1. The fourth-order valence-corrected chi connectivity index (χ4v) is 2.06. The Morgan fingerprint density at radius 2 is 2.00 bits per heavy atom. The molecule has 1 aromatic rings. The largest absolute Gasteiger partial charge is 0.435 e. The van der Waals surface area contributed by atoms with Crippen molar-refractivity contribution in [1.82, 2.24) is 10.6 Å². The number of guanidine groups is 1. The van der Waals surface area contributed by atoms with Crippen LogP contribution in [-0.4, -0.2) is 37.3 Å². The van der Waals surface area contributed by atoms with Gasteiger partial charge in [0.1, 0.15) is 5.75 Å². The summed E-state index contributed by atoms with van der Waals surface area (Å²) in [5, 5.41) is 16.5. The number of hydrogen-bond donors (Lipinski definition) is 3. The van der Waals surface area contributed by atoms with E-state index in [4.69, 9.17) is 0 Å². The number of ether oxygens (including phenoxy) is 1. The minimum atomic E-state index is -2.85. The van der Waals surface area contributed by atoms with Gasteiger partial charge in [-0.3, -0.25) is 4.99 Å². The van der Waals surface area contributed by atoms with Gasteiger partial charge in [0.05, 0.1) is 12.6 Å². The van der Waals surface area contributed by atoms with Crippen molar-refractivity contribution in [3.63, 3.8) is 0 Å². The Kier molecular flexibility index (Phi) is 6.58. The predicted octanol–water partition coefficient (Wildman–Crippen LogP) is 2.29. The predicted molar refractivity (Wildman–Crippen MR) is 84.7 cm³/mol. The fraction of sp³-hybridized carbons (Fsp3) is 0.562. The third-order valence-electron chi connectivity index (χ3n) is 3.51. The smallest absolute Gasteiger partial charge is 0.387 e. The molecule has 0 heterocycles. The van der Waals surface area contributed by atoms with Crippen molar-refractivity contribution < 1.29 is 18.6 Å². The molecule has 0 spiro atoms. The number of aliphatic imine (C=N–C) groups is 1. The van der Waals surface area contributed by atoms with E-state index < -0.39 is 12.7 Å². The second-order valence-electron chi connectivity index (χ2n) is 5.51. The molecule has 0 radical (unpaired) electrons. The minimum absolute atomic E-state index is 0.0684. The number of alkyl halides is 2. The number of aliphatic hydroxyl groups excluding tert-OH is 1. The highest BCUT2D eigenvalue weighted by Gasteiger charge is 2.21. The summed E-state index contributed by atoms with van der Waals surface area (Å²) in [6, 6.07) is 5.93. The van der Waals surface area contributed by atoms with Crippen molar-refractivity contribution in [2.24, 2.45) is 10.9 Å². The van der Waals surface area contributed by atoms with Gasteiger partial charge in [0.15, 0.2) is 5.96 Å². The maximum absolute atomic E-state index is 12.1. The average molecular weight is 327 g/mol. The molecule has 128 valence electrons. The normalized spacial score (nSPS) is 16.3. The molecule has 1 aliphatic rings. The van der Waals surface area contributed by atoms with Gasteiger partial charge in [0.25, 0.3) is 0 Å². The highest BCUT2D eigenvalue weighted by Crippen LogP contribution is 2.27. The van der Waals surface area contributed by atoms with Crippen LogP contribution in [0.25, 0.3) is 0 Å². The molecular formula is C16H23F2N3O2. The topological polar surface area (TPSA) is 65.9 Å². The first-order valence-electron chi connectivity index (χ1n) is 7.83. The van der Waals surface area contributed by atoms with E-state index in [0.717, 1.165) is 19.0 Å². The first kappa shape index (κ1) is 17.5. The summed E-state index contributed by atoms with van der Waals surface area (Å²) in [5.74, 6) is 1.47. The molecule has 0 aliphatic heterocycles. The van der Waals surface area contributed by atoms with Crippen molar-refractivity contribution in [3.8, 4) is 5.75 Å². The van der Waals surface area contributed by atoms with Gasteiger partial charge < -0.3 is 20.5 Å². The molecule has 23 heavy (non-hydrogen) atoms. The number of benzene rings is 1. The molecule has 7 heteroatoms. The van der Waals surface area contributed by atoms with Crippen molar-refractivity contribution in [2.75, 3.05) is 19.6 Å². The van der Waals surface area contributed by atoms with Crippen LogP contribution in [0, 0.1) is 5.92 Å². The summed E-state index contributed by atoms with van der Waals surface area (Å²) in [6.07, 6.45) is 1.71. The van der Waals surface area contributed by atoms with Crippen molar-refractivity contribution in [2.45, 2.75) is 32.5 Å². The van der Waals surface area contributed by atoms with Crippen molar-refractivity contribution in [1.29, 1.82) is 0 Å². The maximum Gasteiger partial charge on any atom is 0.387 e. The summed E-state index contributed by atoms with van der Waals surface area (Å²) < 4.78 is 28.5. The molecule has 1 atom stereocenters. The van der Waals surface area contributed by atoms with E-state index in [0.29, 0.717) is 11.5 Å². The molecule has 1 saturated carbocycles. The van der Waals surface area contributed by atoms with Crippen LogP contribution < -0.4 is 15.4 Å². The zero-order valence-electron chi connectivity index (χ0n) is 13.1. The zero-order chi connectivity index (χ0) is 16.7. The molecule has 0 amide bonds. The molecule has 1 unspecified atom stereocenters. The van der Waals surface area contributed by atoms with Gasteiger partial charge in [-0.15, -0.1) is 0 Å². The lowest BCUT2D eigenvalue weighted by molar-refractivity contribution is -0.0498. The second-order valence-corrected chi connectivity index (χ2v) is 5.51. The van der Waals surface area contributed by atoms with Crippen LogP contribution in [0.2, 0.25) is 0 Å². The second kappa shape index (κ2) is 8.67. The van der Waals surface area contributed by atoms with Gasteiger partial charge in [0.2, 0.25) is 0 Å². The van der Waals surface area contributed by atoms with Crippen LogP contribution in [-0.2, 0) is 0 Å². The molecule has 1 aliphatic carbocycles. The van der Waals surface area contributed by atoms with E-state index in [1.54, 1.807) is 12.1 Å². The summed E-state index contributed by atoms with van der Waals surface area (Å²) in [4.78, 5) is 4.35. The van der Waals surface area contributed by atoms with Crippen LogP contribution in [0.5, 0.6) is 5.75 Å². The number of halogens is 2. The lowest BCUT2D eigenvalue weighted by Gasteiger charge is -2.13. The summed E-state index contributed by atoms with van der Waals surface area (Å²) in [6.45, 7) is 0.950. The van der Waals surface area contributed by atoms with Crippen LogP contribution in [0.1, 0.15) is 31.4 Å². The van der Waals surface area contributed by atoms with Crippen LogP contribution >= 0.6 is 0 Å². The van der Waals surface area contributed by atoms with Crippen molar-refractivity contribution >= 4 is 5.96 Å². The highest BCUT2D eigenvalue weighted by molar-refractivity contribution is 5.79. The van der Waals surface area contributed by atoms with Gasteiger partial charge in [-0.2, -0.15) is 8.78 Å². The summed E-state index contributed by atoms with van der Waals surface area (Å²) >= 11 is 0. The quantitative estimate of drug-likeness (QED) is 0.506. The SMILES string of the molecule is CCNC(=NCC(O)c1ccc(OC(F)F)cc1)NCC1CC1. The Morgan fingerprint density at radius 1 is 1.30 bits per heavy atom. The molecule has 2 rings (SSSR count). The number of nitrogens with one attached hydrogen (secondary N) is 2. The van der Waals surface area contributed by atoms with Gasteiger partial charge >= 0.3 is 6.61 Å². The molecule has 1 aromatic carbocycles. The van der Waals surface area contributed by atoms with Gasteiger partial charge in [-0.05, 0) is 43.4 Å². The molecule has 5 nitrogen and oxygen atoms in total. The third kappa shape index (κ3) is 6.40. The zero-order valence-corrected chi connectivity index (χ0v) is 13.1. The van der Waals surface area contributed by atoms with E-state index in [1.165, 1.54) is 25.0 Å². The molecule has 3 N–H and O–H groups in total. The van der Waals surface area contributed by atoms with E-state index in [2.05, 4.69) is 20.4 Å². The molecule has 0 saturated heterocycles. The maximum atomic E-state index is 12.1. The highest BCUT2D eigenvalue weighted by atomic mass is 19.3. The Bertz CT molecular complexity index is 505. The van der Waals surface area contributed by atoms with E-state index in [1.807, 2.05) is 6.92 Å². The molecule has 1 fully saturated rings. The summed E-state index contributed by atoms with van der Waals surface area (Å²) in [7, 11) is 0. The van der Waals surface area contributed by atoms with Crippen LogP contribution in [0.4, 0.5) is 8.78 Å². The Labute approximate surface area is 134 Å². The lowest BCUT2D eigenvalue weighted by Crippen LogP contribution is -2.38. The Hall–Kier alpha value is -1.89. The van der Waals surface area contributed by atoms with Gasteiger partial charge in [0, 0.05) is 13.1 Å². The first-order chi connectivity index (χ1) is 11.1. The Morgan fingerprint density at radius 3 is 2.57 bits per heavy atom. The van der Waals surface area contributed by atoms with Crippen LogP contribution in [0.3, 0.4) is 0 Å². The average Bonchev–Trinajstić information content (AvgIpc) is 3.34. The number of rotatable bonds is 8. The van der Waals surface area contributed by atoms with Gasteiger partial charge in [-0.25, -0.2) is 0 Å². The molecular weight excluding hydrogens is 304 g/mol. The monoisotopic (exact) mass is 327 g/mol. The first-order valence-corrected chi connectivity index (χ1v) is 7.83. The standard InChI is InChI=1S/C16H23F2N3O2/c1-2-19-16(20-9-11-3-4-11)21-10-14(22)12-5-7-13(8-6-12)23-15(17)18/h5-8,11,14-15,22H,2-4,9-10H2,1H3,(H2,19,20,21). The molecule has 0 aromatic heterocycles. The van der Waals surface area contributed by atoms with E-state index >= 15 is 0 Å². The third-order valence-corrected chi connectivity index (χ3v) is 3.51. The number of hydrogen-bond acceptors (Lipinski definition) is 3. The van der Waals surface area contributed by atoms with Crippen LogP contribution in [0.15, 0.2) is 29.3 Å². The van der Waals surface area contributed by atoms with E-state index in [9.17, 15) is 13.9 Å². The molecule has 0 bridgehead atoms. The van der Waals surface area contributed by atoms with Gasteiger partial charge in [-0.1, -0.05) is 12.1 Å². The lowest BCUT2D eigenvalue weighted by atomic mass is 10.1. The Balaban J connectivity index is 1.87. The summed E-state index contributed by atoms with van der Waals surface area (Å²) in [5.41, 5.74) is 0.605. The fourth-order valence-electron chi connectivity index (χ4n) is 2.06.